The van der Waals surface area contributed by atoms with E-state index in [0.29, 0.717) is 25.0 Å². The fraction of sp³-hybridized carbons (Fsp3) is 0.692. The van der Waals surface area contributed by atoms with E-state index in [1.165, 1.54) is 0 Å². The number of primary amides is 1. The standard InChI is InChI=1S/C13H22N6O2/c1-4-21-13-17-11(15-3)16-12(18-13)19-7-9(10(14)20)6-5-8(19)2/h8-9H,4-7H2,1-3H3,(H2,14,20)(H,15,16,17,18). The lowest BCUT2D eigenvalue weighted by Gasteiger charge is -2.36. The van der Waals surface area contributed by atoms with Crippen molar-refractivity contribution in [2.75, 3.05) is 30.4 Å². The highest BCUT2D eigenvalue weighted by Crippen LogP contribution is 2.26. The van der Waals surface area contributed by atoms with Crippen LogP contribution in [0.1, 0.15) is 26.7 Å². The van der Waals surface area contributed by atoms with Gasteiger partial charge >= 0.3 is 6.01 Å². The summed E-state index contributed by atoms with van der Waals surface area (Å²) in [5, 5.41) is 2.89. The van der Waals surface area contributed by atoms with Gasteiger partial charge in [0.15, 0.2) is 0 Å². The minimum absolute atomic E-state index is 0.174. The highest BCUT2D eigenvalue weighted by molar-refractivity contribution is 5.77. The number of nitrogens with two attached hydrogens (primary N) is 1. The van der Waals surface area contributed by atoms with Crippen molar-refractivity contribution in [2.45, 2.75) is 32.7 Å². The first-order valence-corrected chi connectivity index (χ1v) is 7.17. The predicted octanol–water partition coefficient (Wildman–Crippen LogP) is 0.402. The number of hydrogen-bond acceptors (Lipinski definition) is 7. The van der Waals surface area contributed by atoms with E-state index in [2.05, 4.69) is 27.2 Å². The minimum atomic E-state index is -0.278. The lowest BCUT2D eigenvalue weighted by atomic mass is 9.93. The number of piperidine rings is 1. The molecule has 1 aromatic rings. The summed E-state index contributed by atoms with van der Waals surface area (Å²) in [6.07, 6.45) is 1.67. The van der Waals surface area contributed by atoms with Crippen molar-refractivity contribution in [3.8, 4) is 6.01 Å². The molecule has 0 aliphatic carbocycles. The lowest BCUT2D eigenvalue weighted by molar-refractivity contribution is -0.122. The van der Waals surface area contributed by atoms with Gasteiger partial charge in [0.1, 0.15) is 0 Å². The summed E-state index contributed by atoms with van der Waals surface area (Å²) < 4.78 is 5.37. The van der Waals surface area contributed by atoms with Crippen LogP contribution in [0.5, 0.6) is 6.01 Å². The Morgan fingerprint density at radius 2 is 2.19 bits per heavy atom. The quantitative estimate of drug-likeness (QED) is 0.809. The van der Waals surface area contributed by atoms with Crippen LogP contribution in [0.4, 0.5) is 11.9 Å². The van der Waals surface area contributed by atoms with Crippen molar-refractivity contribution >= 4 is 17.8 Å². The molecule has 8 heteroatoms. The predicted molar refractivity (Wildman–Crippen MR) is 79.3 cm³/mol. The molecule has 2 unspecified atom stereocenters. The van der Waals surface area contributed by atoms with Crippen LogP contribution >= 0.6 is 0 Å². The molecule has 21 heavy (non-hydrogen) atoms. The molecule has 0 aromatic carbocycles. The molecule has 0 radical (unpaired) electrons. The van der Waals surface area contributed by atoms with Gasteiger partial charge in [0, 0.05) is 19.6 Å². The maximum Gasteiger partial charge on any atom is 0.323 e. The Labute approximate surface area is 124 Å². The summed E-state index contributed by atoms with van der Waals surface area (Å²) in [5.74, 6) is 0.500. The number of nitrogens with one attached hydrogen (secondary N) is 1. The van der Waals surface area contributed by atoms with Gasteiger partial charge in [-0.05, 0) is 26.7 Å². The number of carbonyl (C=O) groups excluding carboxylic acids is 1. The second-order valence-electron chi connectivity index (χ2n) is 5.10. The Bertz CT molecular complexity index is 509. The highest BCUT2D eigenvalue weighted by Gasteiger charge is 2.30. The second-order valence-corrected chi connectivity index (χ2v) is 5.10. The van der Waals surface area contributed by atoms with E-state index in [4.69, 9.17) is 10.5 Å². The first-order valence-electron chi connectivity index (χ1n) is 7.17. The zero-order valence-corrected chi connectivity index (χ0v) is 12.7. The Hall–Kier alpha value is -2.12. The van der Waals surface area contributed by atoms with Gasteiger partial charge in [-0.25, -0.2) is 0 Å². The number of rotatable bonds is 5. The molecule has 1 aliphatic heterocycles. The van der Waals surface area contributed by atoms with Gasteiger partial charge in [-0.1, -0.05) is 0 Å². The minimum Gasteiger partial charge on any atom is -0.464 e. The Kier molecular flexibility index (Phi) is 4.77. The van der Waals surface area contributed by atoms with Crippen LogP contribution < -0.4 is 20.7 Å². The first kappa shape index (κ1) is 15.3. The third kappa shape index (κ3) is 3.50. The highest BCUT2D eigenvalue weighted by atomic mass is 16.5. The van der Waals surface area contributed by atoms with Crippen LogP contribution in [-0.4, -0.2) is 47.1 Å². The van der Waals surface area contributed by atoms with Gasteiger partial charge in [0.25, 0.3) is 0 Å². The molecule has 1 saturated heterocycles. The summed E-state index contributed by atoms with van der Waals surface area (Å²) in [4.78, 5) is 26.3. The van der Waals surface area contributed by atoms with E-state index in [1.807, 2.05) is 11.8 Å². The van der Waals surface area contributed by atoms with E-state index in [0.717, 1.165) is 12.8 Å². The van der Waals surface area contributed by atoms with Crippen molar-refractivity contribution in [3.05, 3.63) is 0 Å². The topological polar surface area (TPSA) is 106 Å². The average Bonchev–Trinajstić information content (AvgIpc) is 2.47. The fourth-order valence-corrected chi connectivity index (χ4v) is 2.40. The van der Waals surface area contributed by atoms with Crippen molar-refractivity contribution < 1.29 is 9.53 Å². The summed E-state index contributed by atoms with van der Waals surface area (Å²) in [6, 6.07) is 0.516. The molecular weight excluding hydrogens is 272 g/mol. The van der Waals surface area contributed by atoms with Crippen molar-refractivity contribution in [3.63, 3.8) is 0 Å². The molecule has 1 aromatic heterocycles. The van der Waals surface area contributed by atoms with Crippen molar-refractivity contribution in [1.29, 1.82) is 0 Å². The molecule has 8 nitrogen and oxygen atoms in total. The normalized spacial score (nSPS) is 22.0. The van der Waals surface area contributed by atoms with E-state index in [1.54, 1.807) is 7.05 Å². The molecule has 1 aliphatic rings. The Balaban J connectivity index is 2.29. The molecule has 116 valence electrons. The molecule has 2 heterocycles. The van der Waals surface area contributed by atoms with Crippen LogP contribution in [-0.2, 0) is 4.79 Å². The lowest BCUT2D eigenvalue weighted by Crippen LogP contribution is -2.46. The molecule has 3 N–H and O–H groups in total. The second kappa shape index (κ2) is 6.55. The third-order valence-electron chi connectivity index (χ3n) is 3.64. The Morgan fingerprint density at radius 3 is 2.81 bits per heavy atom. The van der Waals surface area contributed by atoms with Crippen LogP contribution in [0.3, 0.4) is 0 Å². The van der Waals surface area contributed by atoms with E-state index >= 15 is 0 Å². The molecule has 1 amide bonds. The monoisotopic (exact) mass is 294 g/mol. The van der Waals surface area contributed by atoms with Gasteiger partial charge in [-0.3, -0.25) is 4.79 Å². The SMILES string of the molecule is CCOc1nc(NC)nc(N2CC(C(N)=O)CCC2C)n1. The van der Waals surface area contributed by atoms with Gasteiger partial charge in [0.2, 0.25) is 17.8 Å². The van der Waals surface area contributed by atoms with Gasteiger partial charge in [0.05, 0.1) is 12.5 Å². The van der Waals surface area contributed by atoms with Crippen LogP contribution in [0, 0.1) is 5.92 Å². The number of anilines is 2. The zero-order valence-electron chi connectivity index (χ0n) is 12.7. The van der Waals surface area contributed by atoms with Crippen LogP contribution in [0.2, 0.25) is 0 Å². The number of nitrogens with zero attached hydrogens (tertiary/aromatic N) is 4. The number of ether oxygens (including phenoxy) is 1. The Morgan fingerprint density at radius 1 is 1.43 bits per heavy atom. The summed E-state index contributed by atoms with van der Waals surface area (Å²) in [6.45, 7) is 4.96. The van der Waals surface area contributed by atoms with E-state index in [9.17, 15) is 4.79 Å². The average molecular weight is 294 g/mol. The third-order valence-corrected chi connectivity index (χ3v) is 3.64. The maximum absolute atomic E-state index is 11.4. The van der Waals surface area contributed by atoms with E-state index in [-0.39, 0.29) is 23.9 Å². The fourth-order valence-electron chi connectivity index (χ4n) is 2.40. The van der Waals surface area contributed by atoms with Crippen LogP contribution in [0.25, 0.3) is 0 Å². The van der Waals surface area contributed by atoms with Gasteiger partial charge < -0.3 is 20.7 Å². The zero-order chi connectivity index (χ0) is 15.4. The molecule has 2 rings (SSSR count). The summed E-state index contributed by atoms with van der Waals surface area (Å²) in [5.41, 5.74) is 5.43. The maximum atomic E-state index is 11.4. The van der Waals surface area contributed by atoms with Crippen molar-refractivity contribution in [1.82, 2.24) is 15.0 Å². The summed E-state index contributed by atoms with van der Waals surface area (Å²) in [7, 11) is 1.74. The molecule has 0 bridgehead atoms. The molecule has 0 saturated carbocycles. The van der Waals surface area contributed by atoms with Crippen LogP contribution in [0.15, 0.2) is 0 Å². The van der Waals surface area contributed by atoms with E-state index < -0.39 is 0 Å². The van der Waals surface area contributed by atoms with Gasteiger partial charge in [-0.15, -0.1) is 0 Å². The smallest absolute Gasteiger partial charge is 0.323 e. The number of aromatic nitrogens is 3. The van der Waals surface area contributed by atoms with Crippen molar-refractivity contribution in [2.24, 2.45) is 11.7 Å². The summed E-state index contributed by atoms with van der Waals surface area (Å²) >= 11 is 0. The molecule has 1 fully saturated rings. The molecule has 0 spiro atoms. The molecule has 2 atom stereocenters. The number of carbonyl (C=O) groups is 1. The molecular formula is C13H22N6O2. The van der Waals surface area contributed by atoms with Gasteiger partial charge in [-0.2, -0.15) is 15.0 Å². The largest absolute Gasteiger partial charge is 0.464 e. The first-order chi connectivity index (χ1) is 10.0. The number of amides is 1. The number of hydrogen-bond donors (Lipinski definition) is 2.